The highest BCUT2D eigenvalue weighted by Gasteiger charge is 2.39. The van der Waals surface area contributed by atoms with Crippen molar-refractivity contribution in [2.45, 2.75) is 44.2 Å². The summed E-state index contributed by atoms with van der Waals surface area (Å²) >= 11 is 0. The van der Waals surface area contributed by atoms with Crippen LogP contribution in [0.1, 0.15) is 32.6 Å². The Bertz CT molecular complexity index is 274. The summed E-state index contributed by atoms with van der Waals surface area (Å²) in [6.07, 6.45) is 4.86. The van der Waals surface area contributed by atoms with Gasteiger partial charge in [-0.25, -0.2) is 0 Å². The highest BCUT2D eigenvalue weighted by molar-refractivity contribution is 5.78. The van der Waals surface area contributed by atoms with E-state index < -0.39 is 11.5 Å². The molecule has 0 aromatic rings. The third-order valence-corrected chi connectivity index (χ3v) is 3.43. The number of aliphatic carboxylic acids is 1. The summed E-state index contributed by atoms with van der Waals surface area (Å²) in [5.74, 6) is 0.0750. The van der Waals surface area contributed by atoms with Crippen LogP contribution in [-0.2, 0) is 4.79 Å². The van der Waals surface area contributed by atoms with Crippen LogP contribution in [0.2, 0.25) is 0 Å². The van der Waals surface area contributed by atoms with E-state index in [1.54, 1.807) is 6.92 Å². The van der Waals surface area contributed by atoms with E-state index in [9.17, 15) is 9.90 Å². The zero-order valence-corrected chi connectivity index (χ0v) is 10.2. The molecule has 0 saturated heterocycles. The van der Waals surface area contributed by atoms with Crippen LogP contribution in [0.5, 0.6) is 0 Å². The van der Waals surface area contributed by atoms with Gasteiger partial charge in [-0.1, -0.05) is 0 Å². The van der Waals surface area contributed by atoms with Gasteiger partial charge in [-0.05, 0) is 45.6 Å². The summed E-state index contributed by atoms with van der Waals surface area (Å²) in [5, 5.41) is 12.6. The van der Waals surface area contributed by atoms with Crippen molar-refractivity contribution < 1.29 is 9.90 Å². The van der Waals surface area contributed by atoms with Gasteiger partial charge in [-0.3, -0.25) is 10.1 Å². The van der Waals surface area contributed by atoms with Crippen LogP contribution < -0.4 is 5.32 Å². The Morgan fingerprint density at radius 2 is 2.06 bits per heavy atom. The normalized spacial score (nSPS) is 24.4. The van der Waals surface area contributed by atoms with Gasteiger partial charge in [-0.15, -0.1) is 0 Å². The number of carbonyl (C=O) groups is 1. The summed E-state index contributed by atoms with van der Waals surface area (Å²) in [7, 11) is 2.02. The number of carboxylic acids is 1. The quantitative estimate of drug-likeness (QED) is 0.678. The standard InChI is InChI=1S/C12H22N2O2/c1-12(11(15)16,13-10-5-6-10)8-14(2)7-9-3-4-9/h9-10,13H,3-8H2,1-2H3,(H,15,16). The molecule has 0 aromatic carbocycles. The minimum atomic E-state index is -0.787. The van der Waals surface area contributed by atoms with Gasteiger partial charge in [0.25, 0.3) is 0 Å². The molecule has 1 unspecified atom stereocenters. The molecular weight excluding hydrogens is 204 g/mol. The first-order valence-electron chi connectivity index (χ1n) is 6.19. The van der Waals surface area contributed by atoms with Gasteiger partial charge in [0.05, 0.1) is 0 Å². The lowest BCUT2D eigenvalue weighted by molar-refractivity contribution is -0.145. The minimum Gasteiger partial charge on any atom is -0.480 e. The summed E-state index contributed by atoms with van der Waals surface area (Å²) in [4.78, 5) is 13.5. The maximum atomic E-state index is 11.3. The van der Waals surface area contributed by atoms with Gasteiger partial charge in [0.2, 0.25) is 0 Å². The molecular formula is C12H22N2O2. The molecule has 16 heavy (non-hydrogen) atoms. The van der Waals surface area contributed by atoms with Crippen molar-refractivity contribution in [3.8, 4) is 0 Å². The minimum absolute atomic E-state index is 0.426. The number of carboxylic acid groups (broad SMARTS) is 1. The Balaban J connectivity index is 1.86. The van der Waals surface area contributed by atoms with Crippen molar-refractivity contribution in [3.63, 3.8) is 0 Å². The van der Waals surface area contributed by atoms with Crippen molar-refractivity contribution in [3.05, 3.63) is 0 Å². The number of nitrogens with zero attached hydrogens (tertiary/aromatic N) is 1. The van der Waals surface area contributed by atoms with Gasteiger partial charge in [0.15, 0.2) is 0 Å². The van der Waals surface area contributed by atoms with Crippen molar-refractivity contribution in [2.24, 2.45) is 5.92 Å². The molecule has 0 spiro atoms. The van der Waals surface area contributed by atoms with Crippen LogP contribution in [0.15, 0.2) is 0 Å². The van der Waals surface area contributed by atoms with Crippen LogP contribution >= 0.6 is 0 Å². The molecule has 4 heteroatoms. The van der Waals surface area contributed by atoms with E-state index in [0.717, 1.165) is 25.3 Å². The second kappa shape index (κ2) is 4.34. The third kappa shape index (κ3) is 3.19. The number of hydrogen-bond donors (Lipinski definition) is 2. The molecule has 2 aliphatic carbocycles. The number of hydrogen-bond acceptors (Lipinski definition) is 3. The molecule has 0 heterocycles. The molecule has 2 N–H and O–H groups in total. The number of rotatable bonds is 7. The van der Waals surface area contributed by atoms with E-state index in [2.05, 4.69) is 10.2 Å². The highest BCUT2D eigenvalue weighted by atomic mass is 16.4. The van der Waals surface area contributed by atoms with Crippen molar-refractivity contribution >= 4 is 5.97 Å². The fourth-order valence-electron chi connectivity index (χ4n) is 2.20. The van der Waals surface area contributed by atoms with Crippen molar-refractivity contribution in [1.82, 2.24) is 10.2 Å². The third-order valence-electron chi connectivity index (χ3n) is 3.43. The molecule has 4 nitrogen and oxygen atoms in total. The molecule has 1 atom stereocenters. The van der Waals surface area contributed by atoms with E-state index in [4.69, 9.17) is 0 Å². The van der Waals surface area contributed by atoms with Gasteiger partial charge >= 0.3 is 5.97 Å². The average Bonchev–Trinajstić information content (AvgIpc) is 2.99. The summed E-state index contributed by atoms with van der Waals surface area (Å²) in [5.41, 5.74) is -0.787. The van der Waals surface area contributed by atoms with Gasteiger partial charge < -0.3 is 10.0 Å². The first-order valence-corrected chi connectivity index (χ1v) is 6.19. The van der Waals surface area contributed by atoms with E-state index in [0.29, 0.717) is 12.6 Å². The van der Waals surface area contributed by atoms with Crippen molar-refractivity contribution in [1.29, 1.82) is 0 Å². The summed E-state index contributed by atoms with van der Waals surface area (Å²) in [6.45, 7) is 3.43. The van der Waals surface area contributed by atoms with Gasteiger partial charge in [0, 0.05) is 19.1 Å². The average molecular weight is 226 g/mol. The maximum Gasteiger partial charge on any atom is 0.324 e. The Morgan fingerprint density at radius 3 is 2.50 bits per heavy atom. The predicted molar refractivity (Wildman–Crippen MR) is 62.4 cm³/mol. The maximum absolute atomic E-state index is 11.3. The Morgan fingerprint density at radius 1 is 1.44 bits per heavy atom. The number of nitrogens with one attached hydrogen (secondary N) is 1. The Kier molecular flexibility index (Phi) is 3.22. The van der Waals surface area contributed by atoms with Crippen LogP contribution in [0.3, 0.4) is 0 Å². The van der Waals surface area contributed by atoms with E-state index in [1.165, 1.54) is 12.8 Å². The molecule has 0 bridgehead atoms. The second-order valence-electron chi connectivity index (χ2n) is 5.70. The van der Waals surface area contributed by atoms with E-state index in [-0.39, 0.29) is 0 Å². The summed E-state index contributed by atoms with van der Waals surface area (Å²) in [6, 6.07) is 0.426. The SMILES string of the molecule is CN(CC1CC1)CC(C)(NC1CC1)C(=O)O. The van der Waals surface area contributed by atoms with Crippen molar-refractivity contribution in [2.75, 3.05) is 20.1 Å². The first kappa shape index (κ1) is 11.9. The molecule has 2 aliphatic rings. The Hall–Kier alpha value is -0.610. The smallest absolute Gasteiger partial charge is 0.324 e. The first-order chi connectivity index (χ1) is 7.49. The molecule has 2 fully saturated rings. The molecule has 0 aliphatic heterocycles. The van der Waals surface area contributed by atoms with Crippen LogP contribution in [0.25, 0.3) is 0 Å². The van der Waals surface area contributed by atoms with Gasteiger partial charge in [-0.2, -0.15) is 0 Å². The molecule has 92 valence electrons. The lowest BCUT2D eigenvalue weighted by Crippen LogP contribution is -2.57. The topological polar surface area (TPSA) is 52.6 Å². The summed E-state index contributed by atoms with van der Waals surface area (Å²) < 4.78 is 0. The molecule has 2 saturated carbocycles. The zero-order chi connectivity index (χ0) is 11.8. The fourth-order valence-corrected chi connectivity index (χ4v) is 2.20. The molecule has 0 amide bonds. The van der Waals surface area contributed by atoms with Crippen LogP contribution in [0, 0.1) is 5.92 Å². The molecule has 2 rings (SSSR count). The second-order valence-corrected chi connectivity index (χ2v) is 5.70. The lowest BCUT2D eigenvalue weighted by Gasteiger charge is -2.31. The van der Waals surface area contributed by atoms with Crippen LogP contribution in [-0.4, -0.2) is 47.7 Å². The van der Waals surface area contributed by atoms with E-state index in [1.807, 2.05) is 7.05 Å². The largest absolute Gasteiger partial charge is 0.480 e. The predicted octanol–water partition coefficient (Wildman–Crippen LogP) is 0.923. The lowest BCUT2D eigenvalue weighted by atomic mass is 10.0. The van der Waals surface area contributed by atoms with Crippen LogP contribution in [0.4, 0.5) is 0 Å². The van der Waals surface area contributed by atoms with Gasteiger partial charge in [0.1, 0.15) is 5.54 Å². The Labute approximate surface area is 97.0 Å². The highest BCUT2D eigenvalue weighted by Crippen LogP contribution is 2.30. The number of likely N-dealkylation sites (N-methyl/N-ethyl adjacent to an activating group) is 1. The molecule has 0 radical (unpaired) electrons. The molecule has 0 aromatic heterocycles. The monoisotopic (exact) mass is 226 g/mol. The zero-order valence-electron chi connectivity index (χ0n) is 10.2. The fraction of sp³-hybridized carbons (Fsp3) is 0.917. The van der Waals surface area contributed by atoms with E-state index >= 15 is 0 Å².